The Kier molecular flexibility index (Phi) is 3.68. The first-order valence-corrected chi connectivity index (χ1v) is 6.93. The van der Waals surface area contributed by atoms with Crippen molar-refractivity contribution in [3.05, 3.63) is 0 Å². The summed E-state index contributed by atoms with van der Waals surface area (Å²) in [6, 6.07) is 0. The van der Waals surface area contributed by atoms with E-state index in [2.05, 4.69) is 4.99 Å². The Morgan fingerprint density at radius 3 is 2.63 bits per heavy atom. The van der Waals surface area contributed by atoms with E-state index in [0.29, 0.717) is 6.54 Å². The molecule has 0 bridgehead atoms. The lowest BCUT2D eigenvalue weighted by molar-refractivity contribution is 0.0147. The predicted octanol–water partition coefficient (Wildman–Crippen LogP) is 2.50. The third-order valence-corrected chi connectivity index (χ3v) is 3.86. The van der Waals surface area contributed by atoms with E-state index in [0.717, 1.165) is 32.2 Å². The third-order valence-electron chi connectivity index (χ3n) is 3.86. The van der Waals surface area contributed by atoms with E-state index in [9.17, 15) is 9.59 Å². The SMILES string of the molecule is CC(C)(C)OC(=O)N1CCCC(C2(N=C=O)CC2)C1. The van der Waals surface area contributed by atoms with Gasteiger partial charge in [-0.2, -0.15) is 4.99 Å². The van der Waals surface area contributed by atoms with Crippen molar-refractivity contribution in [3.8, 4) is 0 Å². The minimum absolute atomic E-state index is 0.234. The third kappa shape index (κ3) is 3.35. The van der Waals surface area contributed by atoms with Crippen LogP contribution in [0.5, 0.6) is 0 Å². The maximum atomic E-state index is 12.1. The monoisotopic (exact) mass is 266 g/mol. The summed E-state index contributed by atoms with van der Waals surface area (Å²) < 4.78 is 5.40. The Labute approximate surface area is 114 Å². The fourth-order valence-electron chi connectivity index (χ4n) is 2.74. The summed E-state index contributed by atoms with van der Waals surface area (Å²) in [5, 5.41) is 0. The zero-order valence-electron chi connectivity index (χ0n) is 11.9. The zero-order valence-corrected chi connectivity index (χ0v) is 11.9. The molecule has 2 aliphatic rings. The molecule has 1 atom stereocenters. The number of nitrogens with zero attached hydrogens (tertiary/aromatic N) is 2. The molecule has 2 rings (SSSR count). The summed E-state index contributed by atoms with van der Waals surface area (Å²) >= 11 is 0. The topological polar surface area (TPSA) is 59.0 Å². The van der Waals surface area contributed by atoms with E-state index < -0.39 is 5.60 Å². The molecule has 0 spiro atoms. The lowest BCUT2D eigenvalue weighted by atomic mass is 9.89. The van der Waals surface area contributed by atoms with E-state index >= 15 is 0 Å². The van der Waals surface area contributed by atoms with Gasteiger partial charge in [0.1, 0.15) is 5.60 Å². The largest absolute Gasteiger partial charge is 0.444 e. The Morgan fingerprint density at radius 2 is 2.11 bits per heavy atom. The van der Waals surface area contributed by atoms with E-state index in [4.69, 9.17) is 4.74 Å². The summed E-state index contributed by atoms with van der Waals surface area (Å²) in [4.78, 5) is 28.3. The van der Waals surface area contributed by atoms with Gasteiger partial charge in [0.05, 0.1) is 5.54 Å². The van der Waals surface area contributed by atoms with Gasteiger partial charge in [-0.1, -0.05) is 0 Å². The minimum Gasteiger partial charge on any atom is -0.444 e. The number of rotatable bonds is 2. The fraction of sp³-hybridized carbons (Fsp3) is 0.857. The predicted molar refractivity (Wildman–Crippen MR) is 70.6 cm³/mol. The number of likely N-dealkylation sites (tertiary alicyclic amines) is 1. The molecule has 1 saturated heterocycles. The Bertz CT molecular complexity index is 403. The second-order valence-electron chi connectivity index (χ2n) is 6.57. The summed E-state index contributed by atoms with van der Waals surface area (Å²) in [6.07, 6.45) is 5.27. The van der Waals surface area contributed by atoms with Crippen LogP contribution in [0.1, 0.15) is 46.5 Å². The molecule has 1 saturated carbocycles. The average Bonchev–Trinajstić information content (AvgIpc) is 3.09. The molecule has 0 radical (unpaired) electrons. The molecule has 106 valence electrons. The molecule has 0 aromatic carbocycles. The smallest absolute Gasteiger partial charge is 0.410 e. The van der Waals surface area contributed by atoms with Gasteiger partial charge in [0.15, 0.2) is 0 Å². The molecule has 1 aliphatic carbocycles. The van der Waals surface area contributed by atoms with Crippen LogP contribution in [0.25, 0.3) is 0 Å². The first-order valence-electron chi connectivity index (χ1n) is 6.93. The number of piperidine rings is 1. The summed E-state index contributed by atoms with van der Waals surface area (Å²) in [7, 11) is 0. The molecule has 1 aliphatic heterocycles. The Hall–Kier alpha value is -1.35. The minimum atomic E-state index is -0.470. The Balaban J connectivity index is 1.98. The number of ether oxygens (including phenoxy) is 1. The molecule has 19 heavy (non-hydrogen) atoms. The lowest BCUT2D eigenvalue weighted by Gasteiger charge is -2.36. The molecule has 0 N–H and O–H groups in total. The van der Waals surface area contributed by atoms with Gasteiger partial charge in [-0.05, 0) is 46.5 Å². The summed E-state index contributed by atoms with van der Waals surface area (Å²) in [5.74, 6) is 0.273. The second kappa shape index (κ2) is 4.97. The van der Waals surface area contributed by atoms with Gasteiger partial charge in [-0.3, -0.25) is 0 Å². The zero-order chi connectivity index (χ0) is 14.1. The van der Waals surface area contributed by atoms with Crippen LogP contribution < -0.4 is 0 Å². The number of amides is 1. The number of isocyanates is 1. The Morgan fingerprint density at radius 1 is 1.42 bits per heavy atom. The van der Waals surface area contributed by atoms with Gasteiger partial charge in [0, 0.05) is 19.0 Å². The average molecular weight is 266 g/mol. The first kappa shape index (κ1) is 14.1. The van der Waals surface area contributed by atoms with Crippen molar-refractivity contribution >= 4 is 12.2 Å². The number of hydrogen-bond donors (Lipinski definition) is 0. The highest BCUT2D eigenvalue weighted by atomic mass is 16.6. The van der Waals surface area contributed by atoms with Crippen molar-refractivity contribution < 1.29 is 14.3 Å². The van der Waals surface area contributed by atoms with Gasteiger partial charge >= 0.3 is 6.09 Å². The van der Waals surface area contributed by atoms with Gasteiger partial charge < -0.3 is 9.64 Å². The van der Waals surface area contributed by atoms with Crippen LogP contribution in [-0.2, 0) is 9.53 Å². The normalized spacial score (nSPS) is 25.4. The van der Waals surface area contributed by atoms with Crippen LogP contribution in [0.2, 0.25) is 0 Å². The quantitative estimate of drug-likeness (QED) is 0.570. The highest BCUT2D eigenvalue weighted by Crippen LogP contribution is 2.49. The maximum absolute atomic E-state index is 12.1. The fourth-order valence-corrected chi connectivity index (χ4v) is 2.74. The maximum Gasteiger partial charge on any atom is 0.410 e. The summed E-state index contributed by atoms with van der Waals surface area (Å²) in [5.41, 5.74) is -0.704. The van der Waals surface area contributed by atoms with Crippen molar-refractivity contribution in [1.29, 1.82) is 0 Å². The van der Waals surface area contributed by atoms with Crippen molar-refractivity contribution in [2.45, 2.75) is 57.6 Å². The molecule has 2 fully saturated rings. The van der Waals surface area contributed by atoms with Gasteiger partial charge in [0.25, 0.3) is 0 Å². The second-order valence-corrected chi connectivity index (χ2v) is 6.57. The number of hydrogen-bond acceptors (Lipinski definition) is 4. The van der Waals surface area contributed by atoms with Crippen LogP contribution >= 0.6 is 0 Å². The van der Waals surface area contributed by atoms with Crippen LogP contribution in [-0.4, -0.2) is 41.3 Å². The van der Waals surface area contributed by atoms with Crippen molar-refractivity contribution in [2.24, 2.45) is 10.9 Å². The standard InChI is InChI=1S/C14H22N2O3/c1-13(2,3)19-12(18)16-8-4-5-11(9-16)14(6-7-14)15-10-17/h11H,4-9H2,1-3H3. The molecule has 5 nitrogen and oxygen atoms in total. The van der Waals surface area contributed by atoms with Crippen LogP contribution in [0.4, 0.5) is 4.79 Å². The molecule has 0 aromatic heterocycles. The highest BCUT2D eigenvalue weighted by Gasteiger charge is 2.51. The molecule has 5 heteroatoms. The molecule has 1 amide bonds. The van der Waals surface area contributed by atoms with E-state index in [-0.39, 0.29) is 17.6 Å². The first-order chi connectivity index (χ1) is 8.86. The van der Waals surface area contributed by atoms with E-state index in [1.807, 2.05) is 20.8 Å². The van der Waals surface area contributed by atoms with Crippen molar-refractivity contribution in [3.63, 3.8) is 0 Å². The van der Waals surface area contributed by atoms with Crippen LogP contribution in [0.3, 0.4) is 0 Å². The highest BCUT2D eigenvalue weighted by molar-refractivity contribution is 5.68. The van der Waals surface area contributed by atoms with Gasteiger partial charge in [-0.25, -0.2) is 9.59 Å². The number of carbonyl (C=O) groups is 1. The molecule has 0 aromatic rings. The molecule has 1 heterocycles. The lowest BCUT2D eigenvalue weighted by Crippen LogP contribution is -2.45. The van der Waals surface area contributed by atoms with Crippen molar-refractivity contribution in [2.75, 3.05) is 13.1 Å². The van der Waals surface area contributed by atoms with Gasteiger partial charge in [0.2, 0.25) is 6.08 Å². The molecular formula is C14H22N2O3. The van der Waals surface area contributed by atoms with E-state index in [1.165, 1.54) is 0 Å². The number of aliphatic imine (C=N–C) groups is 1. The van der Waals surface area contributed by atoms with Crippen molar-refractivity contribution in [1.82, 2.24) is 4.90 Å². The van der Waals surface area contributed by atoms with Crippen LogP contribution in [0, 0.1) is 5.92 Å². The number of carbonyl (C=O) groups excluding carboxylic acids is 2. The molecule has 1 unspecified atom stereocenters. The van der Waals surface area contributed by atoms with E-state index in [1.54, 1.807) is 11.0 Å². The van der Waals surface area contributed by atoms with Gasteiger partial charge in [-0.15, -0.1) is 0 Å². The van der Waals surface area contributed by atoms with Crippen LogP contribution in [0.15, 0.2) is 4.99 Å². The summed E-state index contributed by atoms with van der Waals surface area (Å²) in [6.45, 7) is 6.97. The molecular weight excluding hydrogens is 244 g/mol.